The van der Waals surface area contributed by atoms with Crippen LogP contribution in [0.2, 0.25) is 0 Å². The number of unbranched alkanes of at least 4 members (excludes halogenated alkanes) is 1. The highest BCUT2D eigenvalue weighted by molar-refractivity contribution is 5.49. The third-order valence-electron chi connectivity index (χ3n) is 4.59. The van der Waals surface area contributed by atoms with Crippen molar-refractivity contribution in [2.45, 2.75) is 58.8 Å². The van der Waals surface area contributed by atoms with Crippen molar-refractivity contribution in [3.8, 4) is 5.75 Å². The predicted molar refractivity (Wildman–Crippen MR) is 91.3 cm³/mol. The summed E-state index contributed by atoms with van der Waals surface area (Å²) in [6.07, 6.45) is 9.14. The first kappa shape index (κ1) is 16.2. The summed E-state index contributed by atoms with van der Waals surface area (Å²) >= 11 is 0. The van der Waals surface area contributed by atoms with Gasteiger partial charge in [-0.2, -0.15) is 0 Å². The lowest BCUT2D eigenvalue weighted by atomic mass is 10.0. The largest absolute Gasteiger partial charge is 0.493 e. The molecular weight excluding hydrogens is 258 g/mol. The summed E-state index contributed by atoms with van der Waals surface area (Å²) in [7, 11) is 0. The molecule has 0 amide bonds. The molecule has 1 aromatic carbocycles. The number of hydrogen-bond acceptors (Lipinski definition) is 2. The number of rotatable bonds is 8. The van der Waals surface area contributed by atoms with Gasteiger partial charge in [-0.05, 0) is 55.9 Å². The fourth-order valence-electron chi connectivity index (χ4n) is 3.02. The van der Waals surface area contributed by atoms with Gasteiger partial charge < -0.3 is 9.64 Å². The molecule has 1 saturated heterocycles. The number of anilines is 1. The quantitative estimate of drug-likeness (QED) is 0.646. The van der Waals surface area contributed by atoms with E-state index in [4.69, 9.17) is 4.74 Å². The Labute approximate surface area is 130 Å². The Morgan fingerprint density at radius 3 is 2.38 bits per heavy atom. The molecule has 1 fully saturated rings. The Hall–Kier alpha value is -1.18. The van der Waals surface area contributed by atoms with E-state index >= 15 is 0 Å². The third-order valence-corrected chi connectivity index (χ3v) is 4.59. The Morgan fingerprint density at radius 1 is 1.05 bits per heavy atom. The monoisotopic (exact) mass is 289 g/mol. The van der Waals surface area contributed by atoms with Crippen molar-refractivity contribution in [1.82, 2.24) is 0 Å². The molecule has 0 spiro atoms. The molecule has 1 atom stereocenters. The molecule has 2 nitrogen and oxygen atoms in total. The van der Waals surface area contributed by atoms with E-state index in [0.29, 0.717) is 5.92 Å². The number of ether oxygens (including phenoxy) is 1. The van der Waals surface area contributed by atoms with Crippen LogP contribution in [0.4, 0.5) is 5.69 Å². The summed E-state index contributed by atoms with van der Waals surface area (Å²) in [6, 6.07) is 8.70. The average Bonchev–Trinajstić information content (AvgIpc) is 2.56. The summed E-state index contributed by atoms with van der Waals surface area (Å²) in [4.78, 5) is 2.49. The van der Waals surface area contributed by atoms with Crippen LogP contribution in [0.5, 0.6) is 5.75 Å². The molecule has 0 saturated carbocycles. The Balaban J connectivity index is 1.81. The third kappa shape index (κ3) is 5.26. The van der Waals surface area contributed by atoms with Gasteiger partial charge in [0.05, 0.1) is 6.61 Å². The maximum atomic E-state index is 5.98. The molecule has 1 aromatic rings. The summed E-state index contributed by atoms with van der Waals surface area (Å²) in [5.41, 5.74) is 1.35. The second kappa shape index (κ2) is 8.96. The van der Waals surface area contributed by atoms with Gasteiger partial charge in [-0.3, -0.25) is 0 Å². The first-order valence-corrected chi connectivity index (χ1v) is 8.81. The SMILES string of the molecule is CCCCC(CC)COc1ccc(N2CCCCC2)cc1. The second-order valence-corrected chi connectivity index (χ2v) is 6.27. The summed E-state index contributed by atoms with van der Waals surface area (Å²) in [5, 5.41) is 0. The molecular formula is C19H31NO. The fourth-order valence-corrected chi connectivity index (χ4v) is 3.02. The summed E-state index contributed by atoms with van der Waals surface area (Å²) in [6.45, 7) is 7.79. The summed E-state index contributed by atoms with van der Waals surface area (Å²) in [5.74, 6) is 1.72. The van der Waals surface area contributed by atoms with Crippen LogP contribution in [0.25, 0.3) is 0 Å². The Morgan fingerprint density at radius 2 is 1.76 bits per heavy atom. The van der Waals surface area contributed by atoms with Gasteiger partial charge in [0.2, 0.25) is 0 Å². The summed E-state index contributed by atoms with van der Waals surface area (Å²) < 4.78 is 5.98. The fraction of sp³-hybridized carbons (Fsp3) is 0.684. The van der Waals surface area contributed by atoms with Crippen LogP contribution in [-0.4, -0.2) is 19.7 Å². The highest BCUT2D eigenvalue weighted by Crippen LogP contribution is 2.23. The molecule has 0 aliphatic carbocycles. The zero-order chi connectivity index (χ0) is 14.9. The lowest BCUT2D eigenvalue weighted by Gasteiger charge is -2.28. The van der Waals surface area contributed by atoms with E-state index in [1.54, 1.807) is 0 Å². The molecule has 1 heterocycles. The van der Waals surface area contributed by atoms with Gasteiger partial charge in [-0.1, -0.05) is 33.1 Å². The zero-order valence-corrected chi connectivity index (χ0v) is 13.8. The van der Waals surface area contributed by atoms with Gasteiger partial charge in [-0.25, -0.2) is 0 Å². The molecule has 1 unspecified atom stereocenters. The van der Waals surface area contributed by atoms with Crippen molar-refractivity contribution >= 4 is 5.69 Å². The molecule has 21 heavy (non-hydrogen) atoms. The first-order chi connectivity index (χ1) is 10.3. The zero-order valence-electron chi connectivity index (χ0n) is 13.8. The lowest BCUT2D eigenvalue weighted by molar-refractivity contribution is 0.233. The van der Waals surface area contributed by atoms with E-state index in [0.717, 1.165) is 12.4 Å². The van der Waals surface area contributed by atoms with Gasteiger partial charge in [0.1, 0.15) is 5.75 Å². The maximum Gasteiger partial charge on any atom is 0.119 e. The molecule has 0 radical (unpaired) electrons. The maximum absolute atomic E-state index is 5.98. The standard InChI is InChI=1S/C19H31NO/c1-3-5-9-17(4-2)16-21-19-12-10-18(11-13-19)20-14-7-6-8-15-20/h10-13,17H,3-9,14-16H2,1-2H3. The van der Waals surface area contributed by atoms with Gasteiger partial charge >= 0.3 is 0 Å². The molecule has 118 valence electrons. The molecule has 2 rings (SSSR count). The van der Waals surface area contributed by atoms with Crippen molar-refractivity contribution in [3.63, 3.8) is 0 Å². The second-order valence-electron chi connectivity index (χ2n) is 6.27. The number of piperidine rings is 1. The van der Waals surface area contributed by atoms with E-state index in [1.807, 2.05) is 0 Å². The van der Waals surface area contributed by atoms with E-state index < -0.39 is 0 Å². The van der Waals surface area contributed by atoms with E-state index in [9.17, 15) is 0 Å². The van der Waals surface area contributed by atoms with E-state index in [-0.39, 0.29) is 0 Å². The number of benzene rings is 1. The van der Waals surface area contributed by atoms with Crippen LogP contribution >= 0.6 is 0 Å². The molecule has 0 aromatic heterocycles. The number of nitrogens with zero attached hydrogens (tertiary/aromatic N) is 1. The van der Waals surface area contributed by atoms with Crippen molar-refractivity contribution in [3.05, 3.63) is 24.3 Å². The minimum absolute atomic E-state index is 0.701. The lowest BCUT2D eigenvalue weighted by Crippen LogP contribution is -2.29. The molecule has 1 aliphatic rings. The van der Waals surface area contributed by atoms with Gasteiger partial charge in [0.25, 0.3) is 0 Å². The van der Waals surface area contributed by atoms with Crippen molar-refractivity contribution in [2.75, 3.05) is 24.6 Å². The van der Waals surface area contributed by atoms with Gasteiger partial charge in [0, 0.05) is 18.8 Å². The molecule has 0 N–H and O–H groups in total. The van der Waals surface area contributed by atoms with Crippen LogP contribution in [0.3, 0.4) is 0 Å². The predicted octanol–water partition coefficient (Wildman–Crippen LogP) is 5.27. The topological polar surface area (TPSA) is 12.5 Å². The van der Waals surface area contributed by atoms with Crippen molar-refractivity contribution in [1.29, 1.82) is 0 Å². The molecule has 2 heteroatoms. The van der Waals surface area contributed by atoms with Crippen LogP contribution in [0.15, 0.2) is 24.3 Å². The van der Waals surface area contributed by atoms with E-state index in [2.05, 4.69) is 43.0 Å². The minimum Gasteiger partial charge on any atom is -0.493 e. The Kier molecular flexibility index (Phi) is 6.91. The molecule has 0 bridgehead atoms. The van der Waals surface area contributed by atoms with Gasteiger partial charge in [-0.15, -0.1) is 0 Å². The smallest absolute Gasteiger partial charge is 0.119 e. The van der Waals surface area contributed by atoms with Crippen molar-refractivity contribution in [2.24, 2.45) is 5.92 Å². The minimum atomic E-state index is 0.701. The van der Waals surface area contributed by atoms with Crippen LogP contribution in [0.1, 0.15) is 58.8 Å². The van der Waals surface area contributed by atoms with E-state index in [1.165, 1.54) is 63.7 Å². The van der Waals surface area contributed by atoms with Gasteiger partial charge in [0.15, 0.2) is 0 Å². The van der Waals surface area contributed by atoms with Crippen LogP contribution in [-0.2, 0) is 0 Å². The van der Waals surface area contributed by atoms with Crippen molar-refractivity contribution < 1.29 is 4.74 Å². The first-order valence-electron chi connectivity index (χ1n) is 8.81. The highest BCUT2D eigenvalue weighted by Gasteiger charge is 2.11. The molecule has 1 aliphatic heterocycles. The normalized spacial score (nSPS) is 16.8. The Bertz CT molecular complexity index is 381. The average molecular weight is 289 g/mol. The van der Waals surface area contributed by atoms with Crippen LogP contribution in [0, 0.1) is 5.92 Å². The van der Waals surface area contributed by atoms with Crippen LogP contribution < -0.4 is 9.64 Å². The highest BCUT2D eigenvalue weighted by atomic mass is 16.5. The number of hydrogen-bond donors (Lipinski definition) is 0.